The van der Waals surface area contributed by atoms with E-state index in [1.165, 1.54) is 0 Å². The van der Waals surface area contributed by atoms with Gasteiger partial charge in [-0.25, -0.2) is 4.98 Å². The number of nitrogen functional groups attached to an aromatic ring is 1. The van der Waals surface area contributed by atoms with Crippen molar-refractivity contribution in [1.82, 2.24) is 4.98 Å². The normalized spacial score (nSPS) is 26.6. The molecule has 2 N–H and O–H groups in total. The zero-order valence-electron chi connectivity index (χ0n) is 11.6. The van der Waals surface area contributed by atoms with E-state index in [0.717, 1.165) is 18.3 Å². The first-order valence-corrected chi connectivity index (χ1v) is 6.45. The summed E-state index contributed by atoms with van der Waals surface area (Å²) in [5.74, 6) is 0.488. The first-order valence-electron chi connectivity index (χ1n) is 6.45. The second-order valence-electron chi connectivity index (χ2n) is 5.57. The lowest BCUT2D eigenvalue weighted by atomic mass is 9.79. The van der Waals surface area contributed by atoms with Crippen molar-refractivity contribution < 1.29 is 9.31 Å². The zero-order valence-corrected chi connectivity index (χ0v) is 11.6. The number of hydrogen-bond donors (Lipinski definition) is 1. The summed E-state index contributed by atoms with van der Waals surface area (Å²) in [6.45, 7) is 8.42. The summed E-state index contributed by atoms with van der Waals surface area (Å²) in [7, 11) is -0.359. The van der Waals surface area contributed by atoms with Crippen LogP contribution in [0, 0.1) is 0 Å². The van der Waals surface area contributed by atoms with Gasteiger partial charge in [-0.15, -0.1) is 0 Å². The predicted molar refractivity (Wildman–Crippen MR) is 73.6 cm³/mol. The molecule has 2 rings (SSSR count). The first-order chi connectivity index (χ1) is 8.38. The van der Waals surface area contributed by atoms with Gasteiger partial charge < -0.3 is 15.0 Å². The molecule has 1 aromatic rings. The van der Waals surface area contributed by atoms with Gasteiger partial charge in [0.15, 0.2) is 0 Å². The van der Waals surface area contributed by atoms with E-state index in [0.29, 0.717) is 5.82 Å². The van der Waals surface area contributed by atoms with Gasteiger partial charge in [-0.2, -0.15) is 0 Å². The number of pyridine rings is 1. The van der Waals surface area contributed by atoms with E-state index in [4.69, 9.17) is 15.0 Å². The fraction of sp³-hybridized carbons (Fsp3) is 0.615. The van der Waals surface area contributed by atoms with Gasteiger partial charge in [-0.1, -0.05) is 13.3 Å². The topological polar surface area (TPSA) is 57.4 Å². The summed E-state index contributed by atoms with van der Waals surface area (Å²) in [4.78, 5) is 3.99. The molecule has 98 valence electrons. The van der Waals surface area contributed by atoms with Crippen molar-refractivity contribution in [2.75, 3.05) is 5.73 Å². The van der Waals surface area contributed by atoms with Crippen LogP contribution in [0.15, 0.2) is 18.3 Å². The van der Waals surface area contributed by atoms with E-state index in [9.17, 15) is 0 Å². The lowest BCUT2D eigenvalue weighted by molar-refractivity contribution is -0.0159. The highest BCUT2D eigenvalue weighted by Gasteiger charge is 2.53. The van der Waals surface area contributed by atoms with Crippen molar-refractivity contribution in [1.29, 1.82) is 0 Å². The minimum Gasteiger partial charge on any atom is -0.399 e. The third-order valence-electron chi connectivity index (χ3n) is 3.85. The molecule has 1 fully saturated rings. The Morgan fingerprint density at radius 3 is 2.67 bits per heavy atom. The Morgan fingerprint density at radius 2 is 2.06 bits per heavy atom. The maximum atomic E-state index is 6.14. The monoisotopic (exact) mass is 248 g/mol. The molecule has 1 aliphatic heterocycles. The second-order valence-corrected chi connectivity index (χ2v) is 5.57. The molecular weight excluding hydrogens is 227 g/mol. The Kier molecular flexibility index (Phi) is 3.38. The molecule has 1 aliphatic rings. The minimum absolute atomic E-state index is 0.273. The molecule has 4 nitrogen and oxygen atoms in total. The molecule has 1 unspecified atom stereocenters. The van der Waals surface area contributed by atoms with Crippen molar-refractivity contribution >= 4 is 18.4 Å². The Balaban J connectivity index is 2.25. The summed E-state index contributed by atoms with van der Waals surface area (Å²) in [5, 5.41) is 0. The van der Waals surface area contributed by atoms with Crippen molar-refractivity contribution in [2.45, 2.75) is 51.7 Å². The molecule has 2 heterocycles. The average Bonchev–Trinajstić information content (AvgIpc) is 2.50. The number of aromatic nitrogens is 1. The van der Waals surface area contributed by atoms with Gasteiger partial charge in [-0.3, -0.25) is 0 Å². The maximum Gasteiger partial charge on any atom is 0.495 e. The van der Waals surface area contributed by atoms with E-state index in [1.807, 2.05) is 6.07 Å². The highest BCUT2D eigenvalue weighted by atomic mass is 16.7. The largest absolute Gasteiger partial charge is 0.495 e. The molecule has 0 spiro atoms. The quantitative estimate of drug-likeness (QED) is 0.828. The van der Waals surface area contributed by atoms with Crippen LogP contribution in [0.2, 0.25) is 0 Å². The van der Waals surface area contributed by atoms with Gasteiger partial charge in [0.25, 0.3) is 0 Å². The van der Waals surface area contributed by atoms with Crippen LogP contribution in [-0.2, 0) is 9.31 Å². The van der Waals surface area contributed by atoms with Gasteiger partial charge in [0.2, 0.25) is 0 Å². The van der Waals surface area contributed by atoms with Crippen molar-refractivity contribution in [2.24, 2.45) is 0 Å². The van der Waals surface area contributed by atoms with Crippen LogP contribution in [0.5, 0.6) is 0 Å². The van der Waals surface area contributed by atoms with Gasteiger partial charge in [0, 0.05) is 6.20 Å². The SMILES string of the molecule is CCCC1(C)OB(c2ccnc(N)c2)OC1(C)C. The van der Waals surface area contributed by atoms with Crippen LogP contribution in [0.1, 0.15) is 40.5 Å². The highest BCUT2D eigenvalue weighted by Crippen LogP contribution is 2.40. The molecule has 1 saturated heterocycles. The Hall–Kier alpha value is -1.07. The molecule has 0 radical (unpaired) electrons. The van der Waals surface area contributed by atoms with E-state index in [2.05, 4.69) is 32.7 Å². The smallest absolute Gasteiger partial charge is 0.399 e. The predicted octanol–water partition coefficient (Wildman–Crippen LogP) is 1.74. The average molecular weight is 248 g/mol. The van der Waals surface area contributed by atoms with Crippen molar-refractivity contribution in [3.8, 4) is 0 Å². The van der Waals surface area contributed by atoms with Crippen LogP contribution >= 0.6 is 0 Å². The molecule has 0 saturated carbocycles. The lowest BCUT2D eigenvalue weighted by Gasteiger charge is -2.36. The first kappa shape index (κ1) is 13.4. The molecule has 0 aliphatic carbocycles. The van der Waals surface area contributed by atoms with E-state index >= 15 is 0 Å². The molecule has 0 aromatic carbocycles. The van der Waals surface area contributed by atoms with E-state index in [-0.39, 0.29) is 18.3 Å². The van der Waals surface area contributed by atoms with Gasteiger partial charge >= 0.3 is 7.12 Å². The summed E-state index contributed by atoms with van der Waals surface area (Å²) in [6, 6.07) is 3.69. The Bertz CT molecular complexity index is 439. The number of anilines is 1. The van der Waals surface area contributed by atoms with Crippen molar-refractivity contribution in [3.63, 3.8) is 0 Å². The summed E-state index contributed by atoms with van der Waals surface area (Å²) in [6.07, 6.45) is 3.71. The standard InChI is InChI=1S/C13H21BN2O2/c1-5-7-13(4)12(2,3)17-14(18-13)10-6-8-16-11(15)9-10/h6,8-9H,5,7H2,1-4H3,(H2,15,16). The molecule has 5 heteroatoms. The third-order valence-corrected chi connectivity index (χ3v) is 3.85. The van der Waals surface area contributed by atoms with Gasteiger partial charge in [0.1, 0.15) is 5.82 Å². The third kappa shape index (κ3) is 2.25. The second kappa shape index (κ2) is 4.55. The fourth-order valence-electron chi connectivity index (χ4n) is 2.38. The molecule has 0 amide bonds. The highest BCUT2D eigenvalue weighted by molar-refractivity contribution is 6.62. The van der Waals surface area contributed by atoms with E-state index < -0.39 is 0 Å². The van der Waals surface area contributed by atoms with Gasteiger partial charge in [-0.05, 0) is 44.8 Å². The summed E-state index contributed by atoms with van der Waals surface area (Å²) < 4.78 is 12.2. The Morgan fingerprint density at radius 1 is 1.33 bits per heavy atom. The van der Waals surface area contributed by atoms with Crippen LogP contribution in [0.25, 0.3) is 0 Å². The molecule has 18 heavy (non-hydrogen) atoms. The number of rotatable bonds is 3. The van der Waals surface area contributed by atoms with E-state index in [1.54, 1.807) is 12.3 Å². The fourth-order valence-corrected chi connectivity index (χ4v) is 2.38. The van der Waals surface area contributed by atoms with Crippen LogP contribution in [0.4, 0.5) is 5.82 Å². The molecule has 0 bridgehead atoms. The minimum atomic E-state index is -0.359. The van der Waals surface area contributed by atoms with Crippen LogP contribution in [0.3, 0.4) is 0 Å². The van der Waals surface area contributed by atoms with Crippen LogP contribution < -0.4 is 11.2 Å². The molecular formula is C13H21BN2O2. The number of hydrogen-bond acceptors (Lipinski definition) is 4. The van der Waals surface area contributed by atoms with Crippen LogP contribution in [-0.4, -0.2) is 23.3 Å². The van der Waals surface area contributed by atoms with Gasteiger partial charge in [0.05, 0.1) is 11.2 Å². The van der Waals surface area contributed by atoms with Crippen molar-refractivity contribution in [3.05, 3.63) is 18.3 Å². The number of nitrogens with zero attached hydrogens (tertiary/aromatic N) is 1. The maximum absolute atomic E-state index is 6.14. The Labute approximate surface area is 109 Å². The lowest BCUT2D eigenvalue weighted by Crippen LogP contribution is -2.44. The summed E-state index contributed by atoms with van der Waals surface area (Å²) >= 11 is 0. The zero-order chi connectivity index (χ0) is 13.4. The summed E-state index contributed by atoms with van der Waals surface area (Å²) in [5.41, 5.74) is 6.04. The molecule has 1 aromatic heterocycles. The number of nitrogens with two attached hydrogens (primary N) is 1. The molecule has 1 atom stereocenters.